The zero-order chi connectivity index (χ0) is 49.4. The molecule has 2 aliphatic heterocycles. The molecule has 348 valence electrons. The number of phenols is 3. The molecule has 0 spiro atoms. The molecule has 2 heterocycles. The Kier molecular flexibility index (Phi) is 17.5. The van der Waals surface area contributed by atoms with Crippen molar-refractivity contribution in [2.75, 3.05) is 15.5 Å². The Morgan fingerprint density at radius 1 is 0.353 bits per heavy atom. The Labute approximate surface area is 402 Å². The van der Waals surface area contributed by atoms with Crippen molar-refractivity contribution in [1.82, 2.24) is 0 Å². The second kappa shape index (κ2) is 23.4. The van der Waals surface area contributed by atoms with Crippen LogP contribution < -0.4 is 15.5 Å². The number of anilines is 3. The van der Waals surface area contributed by atoms with Gasteiger partial charge in [-0.15, -0.1) is 0 Å². The molecule has 5 N–H and O–H groups in total. The summed E-state index contributed by atoms with van der Waals surface area (Å²) in [6.45, 7) is 16.0. The van der Waals surface area contributed by atoms with Gasteiger partial charge in [-0.2, -0.15) is 0 Å². The van der Waals surface area contributed by atoms with Gasteiger partial charge in [0.15, 0.2) is 0 Å². The third-order valence-electron chi connectivity index (χ3n) is 11.4. The molecule has 8 heteroatoms. The zero-order valence-corrected chi connectivity index (χ0v) is 40.3. The lowest BCUT2D eigenvalue weighted by atomic mass is 9.76. The van der Waals surface area contributed by atoms with Crippen molar-refractivity contribution in [3.63, 3.8) is 0 Å². The van der Waals surface area contributed by atoms with Crippen molar-refractivity contribution in [2.45, 2.75) is 66.5 Å². The van der Waals surface area contributed by atoms with E-state index < -0.39 is 11.1 Å². The fourth-order valence-electron chi connectivity index (χ4n) is 8.88. The van der Waals surface area contributed by atoms with E-state index in [2.05, 4.69) is 0 Å². The van der Waals surface area contributed by atoms with Crippen LogP contribution in [0.2, 0.25) is 0 Å². The molecular formula is C60H63N3O5. The summed E-state index contributed by atoms with van der Waals surface area (Å²) in [5, 5.41) is 30.8. The van der Waals surface area contributed by atoms with Gasteiger partial charge >= 0.3 is 0 Å². The minimum atomic E-state index is -1.09. The summed E-state index contributed by atoms with van der Waals surface area (Å²) in [5.41, 5.74) is 12.3. The van der Waals surface area contributed by atoms with E-state index in [1.54, 1.807) is 53.4 Å². The molecule has 2 amide bonds. The average Bonchev–Trinajstić information content (AvgIpc) is 3.83. The first kappa shape index (κ1) is 50.9. The molecule has 8 aromatic rings. The van der Waals surface area contributed by atoms with E-state index in [1.165, 1.54) is 0 Å². The smallest absolute Gasteiger partial charge is 0.260 e. The average molecular weight is 906 g/mol. The van der Waals surface area contributed by atoms with Gasteiger partial charge in [-0.25, -0.2) is 0 Å². The number of amides is 2. The van der Waals surface area contributed by atoms with Crippen molar-refractivity contribution in [2.24, 2.45) is 0 Å². The van der Waals surface area contributed by atoms with Gasteiger partial charge in [0.2, 0.25) is 0 Å². The Bertz CT molecular complexity index is 2800. The summed E-state index contributed by atoms with van der Waals surface area (Å²) >= 11 is 0. The number of carbonyl (C=O) groups excluding carboxylic acids is 2. The van der Waals surface area contributed by atoms with E-state index in [9.17, 15) is 24.9 Å². The van der Waals surface area contributed by atoms with E-state index in [0.717, 1.165) is 39.2 Å². The SMILES string of the molecule is CC.CC.CC.CC.Nc1ccc(C2(c3ccc(O)cc3)c3ccccc3C(=O)N2c2ccccc2)cc1.O=C1c2ccccc2C(c2ccc(O)cc2)(c2ccccc2O)N1c1ccccc1. The number of carbonyl (C=O) groups is 2. The van der Waals surface area contributed by atoms with Crippen molar-refractivity contribution < 1.29 is 24.9 Å². The number of nitrogen functional groups attached to an aromatic ring is 1. The first-order valence-electron chi connectivity index (χ1n) is 23.5. The Balaban J connectivity index is 0.000000222. The van der Waals surface area contributed by atoms with Crippen LogP contribution in [0.25, 0.3) is 0 Å². The third kappa shape index (κ3) is 9.18. The fraction of sp³-hybridized carbons (Fsp3) is 0.167. The van der Waals surface area contributed by atoms with E-state index in [-0.39, 0.29) is 29.1 Å². The first-order valence-corrected chi connectivity index (χ1v) is 23.5. The number of aromatic hydroxyl groups is 3. The largest absolute Gasteiger partial charge is 0.508 e. The Hall–Kier alpha value is -8.10. The van der Waals surface area contributed by atoms with E-state index in [4.69, 9.17) is 5.73 Å². The maximum Gasteiger partial charge on any atom is 0.260 e. The summed E-state index contributed by atoms with van der Waals surface area (Å²) in [5.74, 6) is 0.191. The standard InChI is InChI=1S/C26H20N2O2.C26H19NO3.4C2H6/c27-20-14-10-18(11-15-20)26(19-12-16-22(29)17-13-19)24-9-5-4-8-23(24)25(30)28(26)21-6-2-1-3-7-21;28-20-16-14-18(15-17-20)26(23-12-6-7-13-24(23)29)22-11-5-4-10-21(22)25(30)27(26)19-8-2-1-3-9-19;4*1-2/h1-17,29H,27H2;1-17,28-29H;4*1-2H3. The van der Waals surface area contributed by atoms with E-state index in [1.807, 2.05) is 218 Å². The molecule has 8 aromatic carbocycles. The molecule has 10 rings (SSSR count). The molecule has 0 bridgehead atoms. The molecule has 0 aromatic heterocycles. The van der Waals surface area contributed by atoms with Crippen LogP contribution in [0.4, 0.5) is 17.1 Å². The van der Waals surface area contributed by atoms with Crippen LogP contribution in [0, 0.1) is 0 Å². The highest BCUT2D eigenvalue weighted by Gasteiger charge is 2.55. The number of fused-ring (bicyclic) bond motifs is 2. The monoisotopic (exact) mass is 905 g/mol. The molecule has 2 atom stereocenters. The minimum absolute atomic E-state index is 0.0679. The summed E-state index contributed by atoms with van der Waals surface area (Å²) in [4.78, 5) is 31.1. The van der Waals surface area contributed by atoms with Gasteiger partial charge in [0.1, 0.15) is 28.3 Å². The normalized spacial score (nSPS) is 16.0. The lowest BCUT2D eigenvalue weighted by Crippen LogP contribution is -2.46. The lowest BCUT2D eigenvalue weighted by molar-refractivity contribution is 0.0978. The second-order valence-electron chi connectivity index (χ2n) is 14.7. The summed E-state index contributed by atoms with van der Waals surface area (Å²) in [6, 6.07) is 62.9. The molecule has 0 aliphatic carbocycles. The number of nitrogens with two attached hydrogens (primary N) is 1. The number of hydrogen-bond acceptors (Lipinski definition) is 6. The van der Waals surface area contributed by atoms with Crippen molar-refractivity contribution in [3.05, 3.63) is 251 Å². The minimum Gasteiger partial charge on any atom is -0.508 e. The molecule has 2 unspecified atom stereocenters. The first-order chi connectivity index (χ1) is 33.3. The number of hydrogen-bond donors (Lipinski definition) is 4. The number of nitrogens with zero attached hydrogens (tertiary/aromatic N) is 2. The highest BCUT2D eigenvalue weighted by Crippen LogP contribution is 2.54. The highest BCUT2D eigenvalue weighted by atomic mass is 16.3. The molecule has 0 fully saturated rings. The van der Waals surface area contributed by atoms with Crippen LogP contribution in [-0.4, -0.2) is 27.1 Å². The maximum absolute atomic E-state index is 13.7. The summed E-state index contributed by atoms with van der Waals surface area (Å²) in [7, 11) is 0. The van der Waals surface area contributed by atoms with E-state index >= 15 is 0 Å². The molecular weight excluding hydrogens is 843 g/mol. The van der Waals surface area contributed by atoms with Crippen LogP contribution >= 0.6 is 0 Å². The Morgan fingerprint density at radius 3 is 1.07 bits per heavy atom. The number of rotatable bonds is 6. The molecule has 8 nitrogen and oxygen atoms in total. The predicted molar refractivity (Wildman–Crippen MR) is 280 cm³/mol. The second-order valence-corrected chi connectivity index (χ2v) is 14.7. The predicted octanol–water partition coefficient (Wildman–Crippen LogP) is 14.1. The molecule has 0 saturated heterocycles. The van der Waals surface area contributed by atoms with Crippen LogP contribution in [0.5, 0.6) is 17.2 Å². The van der Waals surface area contributed by atoms with E-state index in [0.29, 0.717) is 22.4 Å². The van der Waals surface area contributed by atoms with Gasteiger partial charge in [0.25, 0.3) is 11.8 Å². The maximum atomic E-state index is 13.7. The van der Waals surface area contributed by atoms with Crippen molar-refractivity contribution >= 4 is 28.9 Å². The molecule has 0 saturated carbocycles. The summed E-state index contributed by atoms with van der Waals surface area (Å²) < 4.78 is 0. The number of benzene rings is 8. The fourth-order valence-corrected chi connectivity index (χ4v) is 8.88. The van der Waals surface area contributed by atoms with Crippen molar-refractivity contribution in [3.8, 4) is 17.2 Å². The van der Waals surface area contributed by atoms with Gasteiger partial charge in [0.05, 0.1) is 0 Å². The topological polar surface area (TPSA) is 127 Å². The van der Waals surface area contributed by atoms with Crippen LogP contribution in [-0.2, 0) is 11.1 Å². The van der Waals surface area contributed by atoms with Gasteiger partial charge in [-0.1, -0.05) is 183 Å². The quantitative estimate of drug-likeness (QED) is 0.123. The van der Waals surface area contributed by atoms with Gasteiger partial charge in [-0.05, 0) is 101 Å². The van der Waals surface area contributed by atoms with Gasteiger partial charge in [0, 0.05) is 39.3 Å². The number of phenolic OH excluding ortho intramolecular Hbond substituents is 3. The molecule has 2 aliphatic rings. The zero-order valence-electron chi connectivity index (χ0n) is 40.3. The summed E-state index contributed by atoms with van der Waals surface area (Å²) in [6.07, 6.45) is 0. The number of para-hydroxylation sites is 3. The third-order valence-corrected chi connectivity index (χ3v) is 11.4. The lowest BCUT2D eigenvalue weighted by Gasteiger charge is -2.40. The Morgan fingerprint density at radius 2 is 0.662 bits per heavy atom. The van der Waals surface area contributed by atoms with Crippen molar-refractivity contribution in [1.29, 1.82) is 0 Å². The van der Waals surface area contributed by atoms with Crippen LogP contribution in [0.3, 0.4) is 0 Å². The molecule has 0 radical (unpaired) electrons. The molecule has 68 heavy (non-hydrogen) atoms. The van der Waals surface area contributed by atoms with Gasteiger partial charge in [-0.3, -0.25) is 19.4 Å². The van der Waals surface area contributed by atoms with Crippen LogP contribution in [0.15, 0.2) is 206 Å². The highest BCUT2D eigenvalue weighted by molar-refractivity contribution is 6.15. The van der Waals surface area contributed by atoms with Gasteiger partial charge < -0.3 is 21.1 Å². The van der Waals surface area contributed by atoms with Crippen LogP contribution in [0.1, 0.15) is 109 Å².